The third-order valence-corrected chi connectivity index (χ3v) is 5.17. The molecule has 0 bridgehead atoms. The number of carbonyl (C=O) groups excluding carboxylic acids is 2. The van der Waals surface area contributed by atoms with E-state index < -0.39 is 0 Å². The first kappa shape index (κ1) is 22.2. The van der Waals surface area contributed by atoms with E-state index in [1.54, 1.807) is 14.1 Å². The molecular weight excluding hydrogens is 461 g/mol. The highest BCUT2D eigenvalue weighted by Gasteiger charge is 2.36. The minimum Gasteiger partial charge on any atom is -0.376 e. The Kier molecular flexibility index (Phi) is 8.59. The lowest BCUT2D eigenvalue weighted by atomic mass is 10.1. The van der Waals surface area contributed by atoms with Gasteiger partial charge in [-0.05, 0) is 32.1 Å². The van der Waals surface area contributed by atoms with Gasteiger partial charge in [0.15, 0.2) is 5.96 Å². The van der Waals surface area contributed by atoms with Gasteiger partial charge in [0, 0.05) is 46.4 Å². The Labute approximate surface area is 178 Å². The lowest BCUT2D eigenvalue weighted by molar-refractivity contribution is -0.135. The maximum Gasteiger partial charge on any atom is 0.243 e. The van der Waals surface area contributed by atoms with Crippen molar-refractivity contribution in [3.63, 3.8) is 0 Å². The number of nitrogens with zero attached hydrogens (tertiary/aromatic N) is 4. The summed E-state index contributed by atoms with van der Waals surface area (Å²) in [6.45, 7) is 3.34. The van der Waals surface area contributed by atoms with Crippen LogP contribution in [0.5, 0.6) is 0 Å². The van der Waals surface area contributed by atoms with Gasteiger partial charge in [0.1, 0.15) is 6.54 Å². The first-order valence-electron chi connectivity index (χ1n) is 9.69. The number of guanidine groups is 1. The summed E-state index contributed by atoms with van der Waals surface area (Å²) < 4.78 is 5.77. The van der Waals surface area contributed by atoms with Crippen molar-refractivity contribution in [2.75, 3.05) is 53.4 Å². The average molecular weight is 493 g/mol. The number of carbonyl (C=O) groups is 2. The van der Waals surface area contributed by atoms with E-state index in [0.717, 1.165) is 45.4 Å². The highest BCUT2D eigenvalue weighted by atomic mass is 127. The molecule has 27 heavy (non-hydrogen) atoms. The maximum absolute atomic E-state index is 12.4. The van der Waals surface area contributed by atoms with Crippen LogP contribution in [0.4, 0.5) is 0 Å². The average Bonchev–Trinajstić information content (AvgIpc) is 3.47. The zero-order valence-corrected chi connectivity index (χ0v) is 18.7. The topological polar surface area (TPSA) is 77.5 Å². The number of hydrogen-bond donors (Lipinski definition) is 1. The molecule has 1 atom stereocenters. The first-order chi connectivity index (χ1) is 12.5. The summed E-state index contributed by atoms with van der Waals surface area (Å²) >= 11 is 0. The second kappa shape index (κ2) is 10.4. The minimum atomic E-state index is -0.0545. The molecule has 0 radical (unpaired) electrons. The van der Waals surface area contributed by atoms with Crippen LogP contribution < -0.4 is 5.32 Å². The Morgan fingerprint density at radius 2 is 2.04 bits per heavy atom. The van der Waals surface area contributed by atoms with Crippen LogP contribution in [0.25, 0.3) is 0 Å². The Balaban J connectivity index is 0.00000261. The molecule has 3 fully saturated rings. The van der Waals surface area contributed by atoms with E-state index in [4.69, 9.17) is 4.74 Å². The number of aliphatic imine (C=N–C) groups is 1. The fourth-order valence-electron chi connectivity index (χ4n) is 3.36. The number of likely N-dealkylation sites (N-methyl/N-ethyl adjacent to an activating group) is 1. The largest absolute Gasteiger partial charge is 0.376 e. The summed E-state index contributed by atoms with van der Waals surface area (Å²) in [5.74, 6) is 0.737. The molecular formula is C18H32IN5O3. The molecule has 2 amide bonds. The molecule has 8 nitrogen and oxygen atoms in total. The summed E-state index contributed by atoms with van der Waals surface area (Å²) in [6, 6.07) is 0.448. The molecule has 0 aromatic carbocycles. The van der Waals surface area contributed by atoms with Gasteiger partial charge in [0.25, 0.3) is 0 Å². The van der Waals surface area contributed by atoms with Crippen molar-refractivity contribution in [3.8, 4) is 0 Å². The number of rotatable bonds is 5. The fraction of sp³-hybridized carbons (Fsp3) is 0.833. The second-order valence-corrected chi connectivity index (χ2v) is 7.54. The monoisotopic (exact) mass is 493 g/mol. The lowest BCUT2D eigenvalue weighted by Gasteiger charge is -2.36. The van der Waals surface area contributed by atoms with E-state index in [1.807, 2.05) is 9.80 Å². The van der Waals surface area contributed by atoms with Gasteiger partial charge in [-0.25, -0.2) is 4.99 Å². The summed E-state index contributed by atoms with van der Waals surface area (Å²) in [7, 11) is 3.44. The predicted octanol–water partition coefficient (Wildman–Crippen LogP) is 0.514. The standard InChI is InChI=1S/C18H31N5O3.HI/c1-21(2)16(24)12-20-18(19-11-15-5-3-4-10-26-15)22-8-9-23(14-6-7-14)17(25)13-22;/h14-15H,3-13H2,1-2H3,(H,19,20);1H. The molecule has 1 aliphatic carbocycles. The first-order valence-corrected chi connectivity index (χ1v) is 9.69. The van der Waals surface area contributed by atoms with Crippen molar-refractivity contribution in [2.24, 2.45) is 4.99 Å². The van der Waals surface area contributed by atoms with Crippen LogP contribution in [0.3, 0.4) is 0 Å². The summed E-state index contributed by atoms with van der Waals surface area (Å²) in [5, 5.41) is 3.34. The molecule has 1 unspecified atom stereocenters. The normalized spacial score (nSPS) is 23.7. The number of halogens is 1. The van der Waals surface area contributed by atoms with Crippen LogP contribution in [0.1, 0.15) is 32.1 Å². The van der Waals surface area contributed by atoms with Crippen LogP contribution in [0.15, 0.2) is 4.99 Å². The van der Waals surface area contributed by atoms with E-state index in [1.165, 1.54) is 11.3 Å². The smallest absolute Gasteiger partial charge is 0.243 e. The van der Waals surface area contributed by atoms with E-state index in [0.29, 0.717) is 25.1 Å². The number of ether oxygens (including phenoxy) is 1. The SMILES string of the molecule is CN(C)C(=O)CN=C(NCC1CCCCO1)N1CCN(C2CC2)C(=O)C1.I. The number of amides is 2. The fourth-order valence-corrected chi connectivity index (χ4v) is 3.36. The van der Waals surface area contributed by atoms with Gasteiger partial charge in [0.05, 0.1) is 12.6 Å². The molecule has 154 valence electrons. The molecule has 0 aromatic rings. The number of hydrogen-bond acceptors (Lipinski definition) is 4. The zero-order valence-electron chi connectivity index (χ0n) is 16.4. The van der Waals surface area contributed by atoms with Gasteiger partial charge < -0.3 is 24.8 Å². The third-order valence-electron chi connectivity index (χ3n) is 5.17. The van der Waals surface area contributed by atoms with Gasteiger partial charge in [-0.15, -0.1) is 24.0 Å². The molecule has 1 N–H and O–H groups in total. The highest BCUT2D eigenvalue weighted by Crippen LogP contribution is 2.28. The van der Waals surface area contributed by atoms with Gasteiger partial charge in [-0.1, -0.05) is 0 Å². The van der Waals surface area contributed by atoms with Gasteiger partial charge in [-0.2, -0.15) is 0 Å². The summed E-state index contributed by atoms with van der Waals surface area (Å²) in [4.78, 5) is 34.3. The van der Waals surface area contributed by atoms with Crippen molar-refractivity contribution < 1.29 is 14.3 Å². The molecule has 2 aliphatic heterocycles. The molecule has 2 heterocycles. The van der Waals surface area contributed by atoms with Crippen molar-refractivity contribution in [3.05, 3.63) is 0 Å². The molecule has 0 spiro atoms. The minimum absolute atomic E-state index is 0. The van der Waals surface area contributed by atoms with E-state index in [9.17, 15) is 9.59 Å². The highest BCUT2D eigenvalue weighted by molar-refractivity contribution is 14.0. The number of nitrogens with one attached hydrogen (secondary N) is 1. The van der Waals surface area contributed by atoms with Crippen LogP contribution in [0.2, 0.25) is 0 Å². The molecule has 1 saturated carbocycles. The van der Waals surface area contributed by atoms with Crippen LogP contribution in [0, 0.1) is 0 Å². The second-order valence-electron chi connectivity index (χ2n) is 7.54. The Morgan fingerprint density at radius 1 is 1.26 bits per heavy atom. The predicted molar refractivity (Wildman–Crippen MR) is 114 cm³/mol. The van der Waals surface area contributed by atoms with E-state index in [2.05, 4.69) is 10.3 Å². The zero-order chi connectivity index (χ0) is 18.5. The van der Waals surface area contributed by atoms with E-state index >= 15 is 0 Å². The molecule has 9 heteroatoms. The Bertz CT molecular complexity index is 547. The van der Waals surface area contributed by atoms with Gasteiger partial charge in [-0.3, -0.25) is 9.59 Å². The number of piperazine rings is 1. The summed E-state index contributed by atoms with van der Waals surface area (Å²) in [5.41, 5.74) is 0. The lowest BCUT2D eigenvalue weighted by Crippen LogP contribution is -2.56. The van der Waals surface area contributed by atoms with Gasteiger partial charge in [0.2, 0.25) is 11.8 Å². The Hall–Kier alpha value is -1.10. The van der Waals surface area contributed by atoms with Crippen LogP contribution >= 0.6 is 24.0 Å². The quantitative estimate of drug-likeness (QED) is 0.343. The summed E-state index contributed by atoms with van der Waals surface area (Å²) in [6.07, 6.45) is 5.75. The van der Waals surface area contributed by atoms with Crippen molar-refractivity contribution in [2.45, 2.75) is 44.2 Å². The van der Waals surface area contributed by atoms with Gasteiger partial charge >= 0.3 is 0 Å². The van der Waals surface area contributed by atoms with Crippen LogP contribution in [-0.4, -0.2) is 98.0 Å². The molecule has 3 aliphatic rings. The maximum atomic E-state index is 12.4. The molecule has 3 rings (SSSR count). The third kappa shape index (κ3) is 6.48. The molecule has 0 aromatic heterocycles. The van der Waals surface area contributed by atoms with Crippen molar-refractivity contribution in [1.29, 1.82) is 0 Å². The molecule has 2 saturated heterocycles. The Morgan fingerprint density at radius 3 is 2.63 bits per heavy atom. The van der Waals surface area contributed by atoms with Crippen molar-refractivity contribution >= 4 is 41.8 Å². The van der Waals surface area contributed by atoms with E-state index in [-0.39, 0.29) is 48.4 Å². The van der Waals surface area contributed by atoms with Crippen LogP contribution in [-0.2, 0) is 14.3 Å². The van der Waals surface area contributed by atoms with Crippen molar-refractivity contribution in [1.82, 2.24) is 20.0 Å².